The fourth-order valence-electron chi connectivity index (χ4n) is 2.56. The first-order chi connectivity index (χ1) is 3.68. The molecule has 0 unspecified atom stereocenters. The quantitative estimate of drug-likeness (QED) is 0.594. The maximum atomic E-state index is 3.37. The highest BCUT2D eigenvalue weighted by atomic mass is 35.5. The summed E-state index contributed by atoms with van der Waals surface area (Å²) in [5.74, 6) is 0. The monoisotopic (exact) mass is 147 g/mol. The molecule has 3 aliphatic carbocycles. The highest BCUT2D eigenvalue weighted by Crippen LogP contribution is 2.66. The Hall–Kier alpha value is 0.250. The number of hydrogen-bond acceptors (Lipinski definition) is 1. The van der Waals surface area contributed by atoms with Crippen molar-refractivity contribution in [1.29, 1.82) is 0 Å². The van der Waals surface area contributed by atoms with Gasteiger partial charge in [-0.1, -0.05) is 6.92 Å². The number of hydrogen-bond donors (Lipinski definition) is 1. The van der Waals surface area contributed by atoms with E-state index < -0.39 is 0 Å². The molecule has 9 heavy (non-hydrogen) atoms. The third kappa shape index (κ3) is 0.714. The van der Waals surface area contributed by atoms with Crippen molar-refractivity contribution in [2.24, 2.45) is 5.41 Å². The molecule has 0 radical (unpaired) electrons. The Balaban J connectivity index is 0.000000405. The van der Waals surface area contributed by atoms with Gasteiger partial charge in [0, 0.05) is 5.54 Å². The fourth-order valence-corrected chi connectivity index (χ4v) is 2.56. The molecule has 0 aromatic rings. The van der Waals surface area contributed by atoms with E-state index in [1.165, 1.54) is 19.3 Å². The van der Waals surface area contributed by atoms with Gasteiger partial charge in [-0.25, -0.2) is 0 Å². The summed E-state index contributed by atoms with van der Waals surface area (Å²) in [6.07, 6.45) is 4.28. The van der Waals surface area contributed by atoms with E-state index in [1.54, 1.807) is 0 Å². The zero-order valence-corrected chi connectivity index (χ0v) is 6.85. The third-order valence-electron chi connectivity index (χ3n) is 2.83. The van der Waals surface area contributed by atoms with Crippen LogP contribution < -0.4 is 5.32 Å². The van der Waals surface area contributed by atoms with Gasteiger partial charge in [0.25, 0.3) is 0 Å². The second-order valence-electron chi connectivity index (χ2n) is 3.87. The van der Waals surface area contributed by atoms with Crippen LogP contribution >= 0.6 is 12.4 Å². The van der Waals surface area contributed by atoms with Crippen LogP contribution in [0.4, 0.5) is 0 Å². The van der Waals surface area contributed by atoms with Crippen LogP contribution in [0.25, 0.3) is 0 Å². The van der Waals surface area contributed by atoms with Gasteiger partial charge in [-0.3, -0.25) is 0 Å². The van der Waals surface area contributed by atoms with Crippen molar-refractivity contribution in [2.45, 2.75) is 31.7 Å². The molecule has 0 heterocycles. The number of halogens is 1. The zero-order valence-electron chi connectivity index (χ0n) is 6.03. The molecule has 54 valence electrons. The highest BCUT2D eigenvalue weighted by Gasteiger charge is 2.63. The molecule has 2 bridgehead atoms. The van der Waals surface area contributed by atoms with Crippen LogP contribution in [0.2, 0.25) is 0 Å². The van der Waals surface area contributed by atoms with Crippen molar-refractivity contribution in [2.75, 3.05) is 7.05 Å². The van der Waals surface area contributed by atoms with Crippen LogP contribution in [0, 0.1) is 5.41 Å². The molecule has 1 N–H and O–H groups in total. The minimum absolute atomic E-state index is 0. The molecular weight excluding hydrogens is 134 g/mol. The minimum Gasteiger partial charge on any atom is -0.314 e. The summed E-state index contributed by atoms with van der Waals surface area (Å²) in [6, 6.07) is 0. The van der Waals surface area contributed by atoms with Gasteiger partial charge < -0.3 is 5.32 Å². The van der Waals surface area contributed by atoms with Crippen LogP contribution in [-0.4, -0.2) is 12.6 Å². The van der Waals surface area contributed by atoms with Gasteiger partial charge in [0.1, 0.15) is 0 Å². The molecule has 3 fully saturated rings. The first kappa shape index (κ1) is 7.36. The average Bonchev–Trinajstić information content (AvgIpc) is 1.55. The Labute approximate surface area is 62.6 Å². The molecule has 3 rings (SSSR count). The van der Waals surface area contributed by atoms with Gasteiger partial charge in [-0.2, -0.15) is 0 Å². The van der Waals surface area contributed by atoms with E-state index in [2.05, 4.69) is 19.3 Å². The highest BCUT2D eigenvalue weighted by molar-refractivity contribution is 5.85. The fraction of sp³-hybridized carbons (Fsp3) is 1.00. The van der Waals surface area contributed by atoms with Crippen molar-refractivity contribution in [3.63, 3.8) is 0 Å². The van der Waals surface area contributed by atoms with E-state index in [-0.39, 0.29) is 12.4 Å². The van der Waals surface area contributed by atoms with Crippen LogP contribution in [0.3, 0.4) is 0 Å². The molecule has 0 aromatic heterocycles. The van der Waals surface area contributed by atoms with Crippen molar-refractivity contribution in [3.05, 3.63) is 0 Å². The van der Waals surface area contributed by atoms with Gasteiger partial charge >= 0.3 is 0 Å². The topological polar surface area (TPSA) is 12.0 Å². The Bertz CT molecular complexity index is 113. The predicted octanol–water partition coefficient (Wildman–Crippen LogP) is 1.57. The largest absolute Gasteiger partial charge is 0.314 e. The smallest absolute Gasteiger partial charge is 0.0194 e. The first-order valence-electron chi connectivity index (χ1n) is 3.37. The molecule has 0 amide bonds. The van der Waals surface area contributed by atoms with E-state index in [1.807, 2.05) is 0 Å². The van der Waals surface area contributed by atoms with Crippen LogP contribution in [-0.2, 0) is 0 Å². The Morgan fingerprint density at radius 3 is 1.78 bits per heavy atom. The summed E-state index contributed by atoms with van der Waals surface area (Å²) in [6.45, 7) is 2.38. The van der Waals surface area contributed by atoms with Gasteiger partial charge in [-0.05, 0) is 31.7 Å². The molecule has 0 atom stereocenters. The number of nitrogens with one attached hydrogen (secondary N) is 1. The summed E-state index contributed by atoms with van der Waals surface area (Å²) in [4.78, 5) is 0. The average molecular weight is 148 g/mol. The van der Waals surface area contributed by atoms with Gasteiger partial charge in [0.15, 0.2) is 0 Å². The molecular formula is C7H14ClN. The molecule has 0 aromatic carbocycles. The zero-order chi connectivity index (χ0) is 5.83. The molecule has 0 aliphatic heterocycles. The van der Waals surface area contributed by atoms with E-state index in [9.17, 15) is 0 Å². The van der Waals surface area contributed by atoms with Gasteiger partial charge in [0.2, 0.25) is 0 Å². The lowest BCUT2D eigenvalue weighted by molar-refractivity contribution is -0.135. The summed E-state index contributed by atoms with van der Waals surface area (Å²) in [5.41, 5.74) is 1.39. The van der Waals surface area contributed by atoms with E-state index in [0.29, 0.717) is 5.54 Å². The Morgan fingerprint density at radius 1 is 1.22 bits per heavy atom. The van der Waals surface area contributed by atoms with Crippen LogP contribution in [0.15, 0.2) is 0 Å². The standard InChI is InChI=1S/C7H13N.ClH/c1-6-3-7(4-6,5-6)8-2;/h8H,3-5H2,1-2H3;1H. The summed E-state index contributed by atoms with van der Waals surface area (Å²) in [5, 5.41) is 3.37. The SMILES string of the molecule is CNC12CC(C)(C1)C2.Cl. The second kappa shape index (κ2) is 1.64. The summed E-state index contributed by atoms with van der Waals surface area (Å²) in [7, 11) is 2.08. The maximum Gasteiger partial charge on any atom is 0.0194 e. The predicted molar refractivity (Wildman–Crippen MR) is 41.0 cm³/mol. The van der Waals surface area contributed by atoms with E-state index in [4.69, 9.17) is 0 Å². The van der Waals surface area contributed by atoms with Crippen LogP contribution in [0.5, 0.6) is 0 Å². The molecule has 3 aliphatic rings. The van der Waals surface area contributed by atoms with Gasteiger partial charge in [0.05, 0.1) is 0 Å². The normalized spacial score (nSPS) is 52.7. The Kier molecular flexibility index (Phi) is 1.34. The molecule has 0 saturated heterocycles. The second-order valence-corrected chi connectivity index (χ2v) is 3.87. The summed E-state index contributed by atoms with van der Waals surface area (Å²) >= 11 is 0. The maximum absolute atomic E-state index is 3.37. The molecule has 3 saturated carbocycles. The third-order valence-corrected chi connectivity index (χ3v) is 2.83. The van der Waals surface area contributed by atoms with Crippen molar-refractivity contribution in [1.82, 2.24) is 5.32 Å². The number of rotatable bonds is 1. The van der Waals surface area contributed by atoms with Crippen molar-refractivity contribution >= 4 is 12.4 Å². The van der Waals surface area contributed by atoms with Crippen LogP contribution in [0.1, 0.15) is 26.2 Å². The van der Waals surface area contributed by atoms with E-state index in [0.717, 1.165) is 5.41 Å². The van der Waals surface area contributed by atoms with Crippen molar-refractivity contribution in [3.8, 4) is 0 Å². The first-order valence-corrected chi connectivity index (χ1v) is 3.37. The lowest BCUT2D eigenvalue weighted by Gasteiger charge is -2.69. The Morgan fingerprint density at radius 2 is 1.67 bits per heavy atom. The van der Waals surface area contributed by atoms with Crippen molar-refractivity contribution < 1.29 is 0 Å². The minimum atomic E-state index is 0. The lowest BCUT2D eigenvalue weighted by Crippen LogP contribution is -2.71. The molecule has 2 heteroatoms. The van der Waals surface area contributed by atoms with E-state index >= 15 is 0 Å². The molecule has 1 nitrogen and oxygen atoms in total. The molecule has 0 spiro atoms. The summed E-state index contributed by atoms with van der Waals surface area (Å²) < 4.78 is 0. The van der Waals surface area contributed by atoms with Gasteiger partial charge in [-0.15, -0.1) is 12.4 Å². The lowest BCUT2D eigenvalue weighted by atomic mass is 9.40.